The van der Waals surface area contributed by atoms with E-state index in [0.717, 1.165) is 27.7 Å². The first-order valence-electron chi connectivity index (χ1n) is 7.37. The van der Waals surface area contributed by atoms with Gasteiger partial charge in [0.05, 0.1) is 21.6 Å². The Morgan fingerprint density at radius 1 is 0.739 bits per heavy atom. The lowest BCUT2D eigenvalue weighted by atomic mass is 10.1. The van der Waals surface area contributed by atoms with Crippen molar-refractivity contribution in [1.29, 1.82) is 0 Å². The van der Waals surface area contributed by atoms with Gasteiger partial charge in [-0.1, -0.05) is 24.3 Å². The zero-order valence-electron chi connectivity index (χ0n) is 12.1. The van der Waals surface area contributed by atoms with Crippen molar-refractivity contribution in [3.05, 3.63) is 67.1 Å². The first-order chi connectivity index (χ1) is 11.4. The van der Waals surface area contributed by atoms with Gasteiger partial charge in [-0.15, -0.1) is 11.3 Å². The van der Waals surface area contributed by atoms with Gasteiger partial charge in [-0.2, -0.15) is 0 Å². The number of benzene rings is 1. The SMILES string of the molecule is c1ccc2cc(-c3nccc4sc5cccnc5c34)ncc2c1. The number of nitrogens with zero attached hydrogens (tertiary/aromatic N) is 3. The Balaban J connectivity index is 1.87. The summed E-state index contributed by atoms with van der Waals surface area (Å²) in [4.78, 5) is 13.8. The molecule has 0 fully saturated rings. The molecule has 3 nitrogen and oxygen atoms in total. The van der Waals surface area contributed by atoms with E-state index in [4.69, 9.17) is 0 Å². The van der Waals surface area contributed by atoms with E-state index in [0.29, 0.717) is 0 Å². The van der Waals surface area contributed by atoms with Crippen LogP contribution in [0.1, 0.15) is 0 Å². The van der Waals surface area contributed by atoms with Crippen molar-refractivity contribution >= 4 is 42.4 Å². The first-order valence-corrected chi connectivity index (χ1v) is 8.19. The molecular weight excluding hydrogens is 302 g/mol. The van der Waals surface area contributed by atoms with Gasteiger partial charge in [0.25, 0.3) is 0 Å². The molecule has 0 bridgehead atoms. The maximum atomic E-state index is 4.63. The number of aromatic nitrogens is 3. The molecule has 0 aliphatic rings. The smallest absolute Gasteiger partial charge is 0.0995 e. The van der Waals surface area contributed by atoms with Crippen LogP contribution in [0.25, 0.3) is 42.5 Å². The molecule has 4 heteroatoms. The number of thiophene rings is 1. The molecule has 0 saturated carbocycles. The predicted octanol–water partition coefficient (Wildman–Crippen LogP) is 5.06. The maximum Gasteiger partial charge on any atom is 0.0995 e. The molecule has 0 radical (unpaired) electrons. The molecule has 1 aromatic carbocycles. The highest BCUT2D eigenvalue weighted by atomic mass is 32.1. The average Bonchev–Trinajstić information content (AvgIpc) is 3.00. The van der Waals surface area contributed by atoms with Crippen molar-refractivity contribution in [3.8, 4) is 11.4 Å². The minimum Gasteiger partial charge on any atom is -0.255 e. The monoisotopic (exact) mass is 313 g/mol. The minimum absolute atomic E-state index is 0.889. The van der Waals surface area contributed by atoms with Crippen molar-refractivity contribution in [2.45, 2.75) is 0 Å². The summed E-state index contributed by atoms with van der Waals surface area (Å²) in [5.74, 6) is 0. The van der Waals surface area contributed by atoms with Crippen LogP contribution in [0.5, 0.6) is 0 Å². The van der Waals surface area contributed by atoms with E-state index >= 15 is 0 Å². The summed E-state index contributed by atoms with van der Waals surface area (Å²) < 4.78 is 2.37. The summed E-state index contributed by atoms with van der Waals surface area (Å²) >= 11 is 1.74. The summed E-state index contributed by atoms with van der Waals surface area (Å²) in [6.07, 6.45) is 5.59. The van der Waals surface area contributed by atoms with Gasteiger partial charge < -0.3 is 0 Å². The topological polar surface area (TPSA) is 38.7 Å². The zero-order chi connectivity index (χ0) is 15.2. The maximum absolute atomic E-state index is 4.63. The standard InChI is InChI=1S/C19H11N3S/c1-2-5-13-11-22-14(10-12(13)4-1)18-17-15(7-9-21-18)23-16-6-3-8-20-19(16)17/h1-11H. The molecule has 108 valence electrons. The summed E-state index contributed by atoms with van der Waals surface area (Å²) in [7, 11) is 0. The molecule has 4 aromatic heterocycles. The van der Waals surface area contributed by atoms with Crippen molar-refractivity contribution < 1.29 is 0 Å². The molecule has 0 atom stereocenters. The Morgan fingerprint density at radius 2 is 1.65 bits per heavy atom. The van der Waals surface area contributed by atoms with E-state index in [1.807, 2.05) is 42.9 Å². The highest BCUT2D eigenvalue weighted by molar-refractivity contribution is 7.25. The molecule has 4 heterocycles. The van der Waals surface area contributed by atoms with Gasteiger partial charge in [0, 0.05) is 34.1 Å². The van der Waals surface area contributed by atoms with Gasteiger partial charge >= 0.3 is 0 Å². The second kappa shape index (κ2) is 4.83. The van der Waals surface area contributed by atoms with E-state index in [-0.39, 0.29) is 0 Å². The Kier molecular flexibility index (Phi) is 2.66. The van der Waals surface area contributed by atoms with Crippen molar-refractivity contribution in [2.75, 3.05) is 0 Å². The molecule has 0 saturated heterocycles. The van der Waals surface area contributed by atoms with Crippen LogP contribution in [-0.2, 0) is 0 Å². The van der Waals surface area contributed by atoms with Gasteiger partial charge in [0.2, 0.25) is 0 Å². The second-order valence-corrected chi connectivity index (χ2v) is 6.49. The van der Waals surface area contributed by atoms with Crippen LogP contribution < -0.4 is 0 Å². The van der Waals surface area contributed by atoms with E-state index in [1.54, 1.807) is 11.3 Å². The number of pyridine rings is 3. The summed E-state index contributed by atoms with van der Waals surface area (Å²) in [6, 6.07) is 16.5. The fraction of sp³-hybridized carbons (Fsp3) is 0. The minimum atomic E-state index is 0.889. The van der Waals surface area contributed by atoms with Crippen LogP contribution in [0.15, 0.2) is 67.1 Å². The molecule has 0 N–H and O–H groups in total. The van der Waals surface area contributed by atoms with E-state index in [9.17, 15) is 0 Å². The summed E-state index contributed by atoms with van der Waals surface area (Å²) in [5.41, 5.74) is 2.79. The summed E-state index contributed by atoms with van der Waals surface area (Å²) in [6.45, 7) is 0. The molecule has 0 aliphatic carbocycles. The van der Waals surface area contributed by atoms with Crippen LogP contribution in [0.4, 0.5) is 0 Å². The second-order valence-electron chi connectivity index (χ2n) is 5.40. The van der Waals surface area contributed by atoms with Gasteiger partial charge in [0.1, 0.15) is 0 Å². The van der Waals surface area contributed by atoms with Crippen LogP contribution >= 0.6 is 11.3 Å². The predicted molar refractivity (Wildman–Crippen MR) is 95.7 cm³/mol. The number of rotatable bonds is 1. The molecule has 0 spiro atoms. The third-order valence-electron chi connectivity index (χ3n) is 4.01. The molecular formula is C19H11N3S. The van der Waals surface area contributed by atoms with Gasteiger partial charge in [-0.05, 0) is 29.7 Å². The Hall–Kier alpha value is -2.85. The van der Waals surface area contributed by atoms with Gasteiger partial charge in [-0.25, -0.2) is 0 Å². The zero-order valence-corrected chi connectivity index (χ0v) is 12.9. The van der Waals surface area contributed by atoms with Crippen LogP contribution in [-0.4, -0.2) is 15.0 Å². The lowest BCUT2D eigenvalue weighted by molar-refractivity contribution is 1.28. The fourth-order valence-corrected chi connectivity index (χ4v) is 4.00. The number of hydrogen-bond acceptors (Lipinski definition) is 4. The Morgan fingerprint density at radius 3 is 2.61 bits per heavy atom. The van der Waals surface area contributed by atoms with Crippen molar-refractivity contribution in [1.82, 2.24) is 15.0 Å². The highest BCUT2D eigenvalue weighted by Crippen LogP contribution is 2.37. The van der Waals surface area contributed by atoms with Crippen LogP contribution in [0.2, 0.25) is 0 Å². The largest absolute Gasteiger partial charge is 0.255 e. The molecule has 0 unspecified atom stereocenters. The fourth-order valence-electron chi connectivity index (χ4n) is 2.94. The number of hydrogen-bond donors (Lipinski definition) is 0. The molecule has 23 heavy (non-hydrogen) atoms. The van der Waals surface area contributed by atoms with Crippen LogP contribution in [0, 0.1) is 0 Å². The van der Waals surface area contributed by atoms with Gasteiger partial charge in [0.15, 0.2) is 0 Å². The molecule has 5 rings (SSSR count). The summed E-state index contributed by atoms with van der Waals surface area (Å²) in [5, 5.41) is 3.40. The Labute approximate surface area is 136 Å². The van der Waals surface area contributed by atoms with E-state index in [1.165, 1.54) is 14.8 Å². The lowest BCUT2D eigenvalue weighted by Gasteiger charge is -2.04. The highest BCUT2D eigenvalue weighted by Gasteiger charge is 2.13. The quantitative estimate of drug-likeness (QED) is 0.434. The van der Waals surface area contributed by atoms with E-state index < -0.39 is 0 Å². The van der Waals surface area contributed by atoms with Crippen molar-refractivity contribution in [2.24, 2.45) is 0 Å². The average molecular weight is 313 g/mol. The lowest BCUT2D eigenvalue weighted by Crippen LogP contribution is -1.89. The van der Waals surface area contributed by atoms with Gasteiger partial charge in [-0.3, -0.25) is 15.0 Å². The van der Waals surface area contributed by atoms with Crippen molar-refractivity contribution in [3.63, 3.8) is 0 Å². The normalized spacial score (nSPS) is 11.5. The van der Waals surface area contributed by atoms with E-state index in [2.05, 4.69) is 39.2 Å². The third kappa shape index (κ3) is 1.92. The Bertz CT molecular complexity index is 1180. The van der Waals surface area contributed by atoms with Crippen LogP contribution in [0.3, 0.4) is 0 Å². The first kappa shape index (κ1) is 12.7. The molecule has 0 aliphatic heterocycles. The molecule has 0 amide bonds. The third-order valence-corrected chi connectivity index (χ3v) is 5.12. The molecule has 5 aromatic rings. The number of fused-ring (bicyclic) bond motifs is 4.